The predicted molar refractivity (Wildman–Crippen MR) is 73.0 cm³/mol. The summed E-state index contributed by atoms with van der Waals surface area (Å²) in [6.45, 7) is 9.29. The second kappa shape index (κ2) is 7.51. The Hall–Kier alpha value is -0.910. The van der Waals surface area contributed by atoms with Gasteiger partial charge in [0.2, 0.25) is 0 Å². The van der Waals surface area contributed by atoms with E-state index in [2.05, 4.69) is 5.32 Å². The van der Waals surface area contributed by atoms with E-state index in [4.69, 9.17) is 9.84 Å². The summed E-state index contributed by atoms with van der Waals surface area (Å²) in [5.74, 6) is -0.352. The van der Waals surface area contributed by atoms with Crippen molar-refractivity contribution in [3.8, 4) is 0 Å². The van der Waals surface area contributed by atoms with Gasteiger partial charge in [-0.1, -0.05) is 13.8 Å². The van der Waals surface area contributed by atoms with Gasteiger partial charge < -0.3 is 15.2 Å². The fourth-order valence-corrected chi connectivity index (χ4v) is 1.97. The molecular formula is C12H23NO4S. The summed E-state index contributed by atoms with van der Waals surface area (Å²) in [5, 5.41) is 11.8. The third kappa shape index (κ3) is 9.15. The number of carboxylic acids is 1. The molecule has 2 N–H and O–H groups in total. The Morgan fingerprint density at radius 3 is 2.28 bits per heavy atom. The average Bonchev–Trinajstić information content (AvgIpc) is 2.12. The van der Waals surface area contributed by atoms with Gasteiger partial charge in [0.1, 0.15) is 11.6 Å². The first-order valence-corrected chi connectivity index (χ1v) is 7.00. The summed E-state index contributed by atoms with van der Waals surface area (Å²) in [7, 11) is 0. The number of carbonyl (C=O) groups excluding carboxylic acids is 1. The molecular weight excluding hydrogens is 254 g/mol. The lowest BCUT2D eigenvalue weighted by Crippen LogP contribution is -2.43. The van der Waals surface area contributed by atoms with Crippen LogP contribution in [0.2, 0.25) is 0 Å². The van der Waals surface area contributed by atoms with Crippen LogP contribution in [0.1, 0.15) is 41.0 Å². The SMILES string of the molecule is CC(C)SCCC(NC(=O)OC(C)(C)C)C(=O)O. The molecule has 18 heavy (non-hydrogen) atoms. The average molecular weight is 277 g/mol. The van der Waals surface area contributed by atoms with E-state index in [1.807, 2.05) is 13.8 Å². The maximum Gasteiger partial charge on any atom is 0.408 e. The van der Waals surface area contributed by atoms with E-state index in [-0.39, 0.29) is 0 Å². The molecule has 0 aliphatic heterocycles. The Kier molecular flexibility index (Phi) is 7.13. The highest BCUT2D eigenvalue weighted by Gasteiger charge is 2.23. The van der Waals surface area contributed by atoms with Crippen molar-refractivity contribution in [1.82, 2.24) is 5.32 Å². The van der Waals surface area contributed by atoms with E-state index < -0.39 is 23.7 Å². The van der Waals surface area contributed by atoms with Gasteiger partial charge in [-0.05, 0) is 38.2 Å². The van der Waals surface area contributed by atoms with Crippen LogP contribution in [0.25, 0.3) is 0 Å². The Bertz CT molecular complexity index is 286. The number of alkyl carbamates (subject to hydrolysis) is 1. The minimum atomic E-state index is -1.04. The molecule has 0 rings (SSSR count). The molecule has 0 saturated carbocycles. The normalized spacial score (nSPS) is 13.2. The van der Waals surface area contributed by atoms with Crippen molar-refractivity contribution in [2.45, 2.75) is 57.9 Å². The Balaban J connectivity index is 4.19. The smallest absolute Gasteiger partial charge is 0.408 e. The van der Waals surface area contributed by atoms with E-state index in [1.54, 1.807) is 32.5 Å². The zero-order valence-electron chi connectivity index (χ0n) is 11.6. The quantitative estimate of drug-likeness (QED) is 0.780. The number of thioether (sulfide) groups is 1. The first-order chi connectivity index (χ1) is 8.11. The molecule has 0 fully saturated rings. The maximum absolute atomic E-state index is 11.5. The van der Waals surface area contributed by atoms with Crippen LogP contribution in [0.4, 0.5) is 4.79 Å². The minimum absolute atomic E-state index is 0.386. The van der Waals surface area contributed by atoms with Crippen molar-refractivity contribution in [2.75, 3.05) is 5.75 Å². The predicted octanol–water partition coefficient (Wildman–Crippen LogP) is 2.50. The second-order valence-electron chi connectivity index (χ2n) is 5.25. The summed E-state index contributed by atoms with van der Waals surface area (Å²) in [6.07, 6.45) is -0.304. The van der Waals surface area contributed by atoms with E-state index in [9.17, 15) is 9.59 Å². The Morgan fingerprint density at radius 2 is 1.89 bits per heavy atom. The van der Waals surface area contributed by atoms with Crippen molar-refractivity contribution in [3.05, 3.63) is 0 Å². The number of hydrogen-bond acceptors (Lipinski definition) is 4. The van der Waals surface area contributed by atoms with Crippen LogP contribution < -0.4 is 5.32 Å². The monoisotopic (exact) mass is 277 g/mol. The number of nitrogens with one attached hydrogen (secondary N) is 1. The van der Waals surface area contributed by atoms with Crippen LogP contribution in [-0.4, -0.2) is 39.8 Å². The molecule has 0 saturated heterocycles. The molecule has 1 atom stereocenters. The highest BCUT2D eigenvalue weighted by molar-refractivity contribution is 7.99. The van der Waals surface area contributed by atoms with Crippen molar-refractivity contribution in [3.63, 3.8) is 0 Å². The highest BCUT2D eigenvalue weighted by Crippen LogP contribution is 2.12. The number of ether oxygens (including phenoxy) is 1. The zero-order valence-corrected chi connectivity index (χ0v) is 12.5. The van der Waals surface area contributed by atoms with Gasteiger partial charge in [-0.25, -0.2) is 9.59 Å². The van der Waals surface area contributed by atoms with Crippen molar-refractivity contribution in [2.24, 2.45) is 0 Å². The third-order valence-electron chi connectivity index (χ3n) is 1.85. The summed E-state index contributed by atoms with van der Waals surface area (Å²) in [4.78, 5) is 22.5. The standard InChI is InChI=1S/C12H23NO4S/c1-8(2)18-7-6-9(10(14)15)13-11(16)17-12(3,4)5/h8-9H,6-7H2,1-5H3,(H,13,16)(H,14,15). The summed E-state index contributed by atoms with van der Waals surface area (Å²) >= 11 is 1.66. The molecule has 1 unspecified atom stereocenters. The molecule has 0 aromatic rings. The Morgan fingerprint density at radius 1 is 1.33 bits per heavy atom. The van der Waals surface area contributed by atoms with Gasteiger partial charge in [0, 0.05) is 0 Å². The molecule has 106 valence electrons. The third-order valence-corrected chi connectivity index (χ3v) is 2.98. The molecule has 0 radical (unpaired) electrons. The highest BCUT2D eigenvalue weighted by atomic mass is 32.2. The second-order valence-corrected chi connectivity index (χ2v) is 6.93. The number of carboxylic acid groups (broad SMARTS) is 1. The van der Waals surface area contributed by atoms with Gasteiger partial charge in [-0.3, -0.25) is 0 Å². The lowest BCUT2D eigenvalue weighted by Gasteiger charge is -2.22. The van der Waals surface area contributed by atoms with Crippen LogP contribution in [0.5, 0.6) is 0 Å². The molecule has 0 spiro atoms. The van der Waals surface area contributed by atoms with Crippen LogP contribution in [0.3, 0.4) is 0 Å². The fraction of sp³-hybridized carbons (Fsp3) is 0.833. The summed E-state index contributed by atoms with van der Waals surface area (Å²) in [6, 6.07) is -0.897. The summed E-state index contributed by atoms with van der Waals surface area (Å²) in [5.41, 5.74) is -0.625. The van der Waals surface area contributed by atoms with Gasteiger partial charge in [-0.15, -0.1) is 0 Å². The molecule has 1 amide bonds. The van der Waals surface area contributed by atoms with E-state index in [0.29, 0.717) is 17.4 Å². The van der Waals surface area contributed by atoms with Crippen LogP contribution in [0.15, 0.2) is 0 Å². The molecule has 0 aliphatic rings. The molecule has 0 aliphatic carbocycles. The number of carbonyl (C=O) groups is 2. The van der Waals surface area contributed by atoms with Gasteiger partial charge in [0.15, 0.2) is 0 Å². The first kappa shape index (κ1) is 17.1. The van der Waals surface area contributed by atoms with Gasteiger partial charge >= 0.3 is 12.1 Å². The zero-order chi connectivity index (χ0) is 14.3. The van der Waals surface area contributed by atoms with Crippen LogP contribution in [0, 0.1) is 0 Å². The first-order valence-electron chi connectivity index (χ1n) is 5.95. The van der Waals surface area contributed by atoms with Gasteiger partial charge in [0.05, 0.1) is 0 Å². The molecule has 0 aromatic carbocycles. The molecule has 0 bridgehead atoms. The van der Waals surface area contributed by atoms with E-state index >= 15 is 0 Å². The molecule has 6 heteroatoms. The van der Waals surface area contributed by atoms with Gasteiger partial charge in [0.25, 0.3) is 0 Å². The number of aliphatic carboxylic acids is 1. The molecule has 5 nitrogen and oxygen atoms in total. The number of hydrogen-bond donors (Lipinski definition) is 2. The topological polar surface area (TPSA) is 75.6 Å². The summed E-state index contributed by atoms with van der Waals surface area (Å²) < 4.78 is 5.03. The minimum Gasteiger partial charge on any atom is -0.480 e. The largest absolute Gasteiger partial charge is 0.480 e. The van der Waals surface area contributed by atoms with Crippen molar-refractivity contribution >= 4 is 23.8 Å². The van der Waals surface area contributed by atoms with Crippen molar-refractivity contribution < 1.29 is 19.4 Å². The van der Waals surface area contributed by atoms with Crippen LogP contribution in [-0.2, 0) is 9.53 Å². The molecule has 0 heterocycles. The lowest BCUT2D eigenvalue weighted by molar-refractivity contribution is -0.139. The number of amides is 1. The van der Waals surface area contributed by atoms with Gasteiger partial charge in [-0.2, -0.15) is 11.8 Å². The molecule has 0 aromatic heterocycles. The van der Waals surface area contributed by atoms with E-state index in [1.165, 1.54) is 0 Å². The van der Waals surface area contributed by atoms with Crippen LogP contribution >= 0.6 is 11.8 Å². The fourth-order valence-electron chi connectivity index (χ4n) is 1.13. The maximum atomic E-state index is 11.5. The van der Waals surface area contributed by atoms with Crippen molar-refractivity contribution in [1.29, 1.82) is 0 Å². The Labute approximate surface area is 113 Å². The van der Waals surface area contributed by atoms with E-state index in [0.717, 1.165) is 0 Å². The number of rotatable bonds is 6. The lowest BCUT2D eigenvalue weighted by atomic mass is 10.2.